The molecule has 2 rings (SSSR count). The number of nitro groups is 1. The molecule has 0 N–H and O–H groups in total. The van der Waals surface area contributed by atoms with Crippen LogP contribution in [0.25, 0.3) is 0 Å². The predicted molar refractivity (Wildman–Crippen MR) is 77.3 cm³/mol. The highest BCUT2D eigenvalue weighted by Gasteiger charge is 2.33. The van der Waals surface area contributed by atoms with Crippen LogP contribution in [0.4, 0.5) is 5.69 Å². The van der Waals surface area contributed by atoms with Crippen molar-refractivity contribution in [2.75, 3.05) is 19.3 Å². The molecule has 9 heteroatoms. The molecule has 0 radical (unpaired) electrons. The van der Waals surface area contributed by atoms with Gasteiger partial charge in [0.15, 0.2) is 9.84 Å². The first-order chi connectivity index (χ1) is 9.70. The molecule has 0 bridgehead atoms. The summed E-state index contributed by atoms with van der Waals surface area (Å²) < 4.78 is 23.0. The second-order valence-corrected chi connectivity index (χ2v) is 7.65. The summed E-state index contributed by atoms with van der Waals surface area (Å²) in [5, 5.41) is 10.2. The van der Waals surface area contributed by atoms with Gasteiger partial charge in [0.05, 0.1) is 10.2 Å². The monoisotopic (exact) mass is 332 g/mol. The zero-order valence-electron chi connectivity index (χ0n) is 11.2. The summed E-state index contributed by atoms with van der Waals surface area (Å²) in [6.45, 7) is 0.418. The largest absolute Gasteiger partial charge is 0.337 e. The van der Waals surface area contributed by atoms with E-state index in [0.29, 0.717) is 13.0 Å². The van der Waals surface area contributed by atoms with Crippen LogP contribution in [0.15, 0.2) is 18.2 Å². The van der Waals surface area contributed by atoms with Crippen molar-refractivity contribution in [2.24, 2.45) is 0 Å². The lowest BCUT2D eigenvalue weighted by Crippen LogP contribution is -2.31. The van der Waals surface area contributed by atoms with Crippen LogP contribution in [0.3, 0.4) is 0 Å². The Morgan fingerprint density at radius 1 is 1.48 bits per heavy atom. The molecule has 1 aliphatic rings. The lowest BCUT2D eigenvalue weighted by molar-refractivity contribution is -0.384. The molecule has 1 saturated heterocycles. The summed E-state index contributed by atoms with van der Waals surface area (Å²) in [4.78, 5) is 23.8. The maximum Gasteiger partial charge on any atom is 0.288 e. The molecule has 7 nitrogen and oxygen atoms in total. The molecule has 0 spiro atoms. The van der Waals surface area contributed by atoms with Crippen molar-refractivity contribution in [3.8, 4) is 0 Å². The van der Waals surface area contributed by atoms with Crippen LogP contribution >= 0.6 is 11.6 Å². The quantitative estimate of drug-likeness (QED) is 0.617. The molecular formula is C12H13ClN2O5S. The first kappa shape index (κ1) is 15.7. The number of halogens is 1. The normalized spacial score (nSPS) is 18.8. The minimum atomic E-state index is -3.20. The zero-order chi connectivity index (χ0) is 15.8. The Kier molecular flexibility index (Phi) is 4.20. The Hall–Kier alpha value is -1.67. The molecule has 0 aromatic heterocycles. The van der Waals surface area contributed by atoms with Crippen molar-refractivity contribution in [2.45, 2.75) is 11.7 Å². The Morgan fingerprint density at radius 2 is 2.14 bits per heavy atom. The summed E-state index contributed by atoms with van der Waals surface area (Å²) >= 11 is 5.69. The minimum absolute atomic E-state index is 0.0491. The van der Waals surface area contributed by atoms with Crippen molar-refractivity contribution in [3.05, 3.63) is 38.9 Å². The Labute approximate surface area is 126 Å². The lowest BCUT2D eigenvalue weighted by Gasteiger charge is -2.16. The van der Waals surface area contributed by atoms with E-state index in [4.69, 9.17) is 11.6 Å². The third-order valence-electron chi connectivity index (χ3n) is 3.43. The number of sulfone groups is 1. The van der Waals surface area contributed by atoms with Crippen LogP contribution in [-0.4, -0.2) is 48.7 Å². The van der Waals surface area contributed by atoms with Crippen molar-refractivity contribution < 1.29 is 18.1 Å². The van der Waals surface area contributed by atoms with Crippen molar-refractivity contribution >= 4 is 33.0 Å². The number of hydrogen-bond donors (Lipinski definition) is 0. The fourth-order valence-electron chi connectivity index (χ4n) is 2.23. The fraction of sp³-hybridized carbons (Fsp3) is 0.417. The highest BCUT2D eigenvalue weighted by molar-refractivity contribution is 7.91. The van der Waals surface area contributed by atoms with Gasteiger partial charge in [-0.1, -0.05) is 11.6 Å². The number of carbonyl (C=O) groups is 1. The van der Waals surface area contributed by atoms with E-state index in [2.05, 4.69) is 0 Å². The number of nitro benzene ring substituents is 1. The number of likely N-dealkylation sites (tertiary alicyclic amines) is 1. The van der Waals surface area contributed by atoms with Crippen molar-refractivity contribution in [1.29, 1.82) is 0 Å². The number of hydrogen-bond acceptors (Lipinski definition) is 5. The summed E-state index contributed by atoms with van der Waals surface area (Å²) in [5.74, 6) is -0.430. The molecule has 0 saturated carbocycles. The summed E-state index contributed by atoms with van der Waals surface area (Å²) in [5.41, 5.74) is -0.221. The third kappa shape index (κ3) is 3.33. The Bertz CT molecular complexity index is 704. The molecule has 0 aliphatic carbocycles. The SMILES string of the molecule is CS(=O)(=O)C1CCN(C(=O)c2ccc(Cl)c([N+](=O)[O-])c2)C1. The summed E-state index contributed by atoms with van der Waals surface area (Å²) in [6.07, 6.45) is 1.51. The number of nitrogens with zero attached hydrogens (tertiary/aromatic N) is 2. The molecule has 1 aromatic carbocycles. The van der Waals surface area contributed by atoms with E-state index in [1.807, 2.05) is 0 Å². The highest BCUT2D eigenvalue weighted by Crippen LogP contribution is 2.26. The Balaban J connectivity index is 2.22. The first-order valence-electron chi connectivity index (χ1n) is 6.12. The van der Waals surface area contributed by atoms with Gasteiger partial charge in [-0.3, -0.25) is 14.9 Å². The second kappa shape index (κ2) is 5.61. The van der Waals surface area contributed by atoms with Crippen LogP contribution in [-0.2, 0) is 9.84 Å². The van der Waals surface area contributed by atoms with Crippen LogP contribution in [0.5, 0.6) is 0 Å². The van der Waals surface area contributed by atoms with Crippen LogP contribution in [0.2, 0.25) is 5.02 Å². The molecule has 21 heavy (non-hydrogen) atoms. The van der Waals surface area contributed by atoms with Gasteiger partial charge in [0.1, 0.15) is 5.02 Å². The van der Waals surface area contributed by atoms with E-state index in [1.54, 1.807) is 0 Å². The van der Waals surface area contributed by atoms with Crippen molar-refractivity contribution in [3.63, 3.8) is 0 Å². The van der Waals surface area contributed by atoms with Gasteiger partial charge in [0.2, 0.25) is 0 Å². The highest BCUT2D eigenvalue weighted by atomic mass is 35.5. The molecule has 1 heterocycles. The number of benzene rings is 1. The van der Waals surface area contributed by atoms with E-state index < -0.39 is 25.9 Å². The van der Waals surface area contributed by atoms with Gasteiger partial charge in [-0.25, -0.2) is 8.42 Å². The number of carbonyl (C=O) groups excluding carboxylic acids is 1. The van der Waals surface area contributed by atoms with Gasteiger partial charge >= 0.3 is 0 Å². The molecule has 1 fully saturated rings. The van der Waals surface area contributed by atoms with Gasteiger partial charge in [0, 0.05) is 31.0 Å². The standard InChI is InChI=1S/C12H13ClN2O5S/c1-21(19,20)9-4-5-14(7-9)12(16)8-2-3-10(13)11(6-8)15(17)18/h2-3,6,9H,4-5,7H2,1H3. The van der Waals surface area contributed by atoms with E-state index in [9.17, 15) is 23.3 Å². The van der Waals surface area contributed by atoms with Crippen LogP contribution < -0.4 is 0 Å². The van der Waals surface area contributed by atoms with E-state index >= 15 is 0 Å². The van der Waals surface area contributed by atoms with Gasteiger partial charge < -0.3 is 4.90 Å². The third-order valence-corrected chi connectivity index (χ3v) is 5.34. The van der Waals surface area contributed by atoms with E-state index in [-0.39, 0.29) is 22.8 Å². The molecular weight excluding hydrogens is 320 g/mol. The zero-order valence-corrected chi connectivity index (χ0v) is 12.7. The van der Waals surface area contributed by atoms with Gasteiger partial charge in [-0.15, -0.1) is 0 Å². The molecule has 1 aromatic rings. The fourth-order valence-corrected chi connectivity index (χ4v) is 3.40. The average molecular weight is 333 g/mol. The van der Waals surface area contributed by atoms with Gasteiger partial charge in [-0.2, -0.15) is 0 Å². The molecule has 1 amide bonds. The van der Waals surface area contributed by atoms with Crippen LogP contribution in [0.1, 0.15) is 16.8 Å². The smallest absolute Gasteiger partial charge is 0.288 e. The average Bonchev–Trinajstić information content (AvgIpc) is 2.87. The van der Waals surface area contributed by atoms with Gasteiger partial charge in [0.25, 0.3) is 11.6 Å². The van der Waals surface area contributed by atoms with E-state index in [0.717, 1.165) is 12.3 Å². The Morgan fingerprint density at radius 3 is 2.67 bits per heavy atom. The van der Waals surface area contributed by atoms with Gasteiger partial charge in [-0.05, 0) is 18.6 Å². The summed E-state index contributed by atoms with van der Waals surface area (Å²) in [7, 11) is -3.20. The molecule has 114 valence electrons. The number of rotatable bonds is 3. The van der Waals surface area contributed by atoms with E-state index in [1.165, 1.54) is 17.0 Å². The topological polar surface area (TPSA) is 97.6 Å². The minimum Gasteiger partial charge on any atom is -0.337 e. The maximum absolute atomic E-state index is 12.3. The van der Waals surface area contributed by atoms with Crippen molar-refractivity contribution in [1.82, 2.24) is 4.90 Å². The maximum atomic E-state index is 12.3. The predicted octanol–water partition coefficient (Wildman–Crippen LogP) is 1.51. The lowest BCUT2D eigenvalue weighted by atomic mass is 10.2. The number of amides is 1. The first-order valence-corrected chi connectivity index (χ1v) is 8.45. The molecule has 1 unspecified atom stereocenters. The molecule has 1 aliphatic heterocycles. The summed E-state index contributed by atoms with van der Waals surface area (Å²) in [6, 6.07) is 3.79. The second-order valence-electron chi connectivity index (χ2n) is 4.91. The molecule has 1 atom stereocenters. The van der Waals surface area contributed by atoms with Crippen LogP contribution in [0, 0.1) is 10.1 Å².